The lowest BCUT2D eigenvalue weighted by molar-refractivity contribution is -0.131. The lowest BCUT2D eigenvalue weighted by Crippen LogP contribution is -2.43. The van der Waals surface area contributed by atoms with E-state index in [0.29, 0.717) is 21.9 Å². The quantitative estimate of drug-likeness (QED) is 0.456. The van der Waals surface area contributed by atoms with Crippen LogP contribution in [0, 0.1) is 6.92 Å². The molecule has 29 heavy (non-hydrogen) atoms. The topological polar surface area (TPSA) is 68.1 Å². The second-order valence-electron chi connectivity index (χ2n) is 7.47. The Bertz CT molecular complexity index is 1080. The molecule has 0 saturated carbocycles. The summed E-state index contributed by atoms with van der Waals surface area (Å²) in [5.41, 5.74) is 1.30. The summed E-state index contributed by atoms with van der Waals surface area (Å²) in [5, 5.41) is 0.996. The summed E-state index contributed by atoms with van der Waals surface area (Å²) < 4.78 is 1.52. The predicted molar refractivity (Wildman–Crippen MR) is 118 cm³/mol. The van der Waals surface area contributed by atoms with Crippen molar-refractivity contribution in [3.8, 4) is 5.82 Å². The van der Waals surface area contributed by atoms with Crippen molar-refractivity contribution in [3.05, 3.63) is 58.5 Å². The standard InChI is InChI=1S/C22H26N4O2S/c1-14(2)25(15(3)4)19(27)13-29-22-24-18-11-7-6-10-17(18)21(28)26(22)20-16(5)9-8-12-23-20/h6-12,14-15H,13H2,1-5H3. The van der Waals surface area contributed by atoms with E-state index >= 15 is 0 Å². The van der Waals surface area contributed by atoms with Gasteiger partial charge in [-0.25, -0.2) is 14.5 Å². The van der Waals surface area contributed by atoms with Crippen LogP contribution in [0.3, 0.4) is 0 Å². The maximum absolute atomic E-state index is 13.3. The number of nitrogens with zero attached hydrogens (tertiary/aromatic N) is 4. The van der Waals surface area contributed by atoms with Crippen molar-refractivity contribution in [2.45, 2.75) is 51.9 Å². The molecule has 0 aliphatic rings. The van der Waals surface area contributed by atoms with Crippen LogP contribution in [0.4, 0.5) is 0 Å². The zero-order valence-electron chi connectivity index (χ0n) is 17.4. The first-order valence-corrected chi connectivity index (χ1v) is 10.7. The van der Waals surface area contributed by atoms with E-state index in [1.54, 1.807) is 12.3 Å². The Morgan fingerprint density at radius 3 is 2.45 bits per heavy atom. The maximum Gasteiger partial charge on any atom is 0.267 e. The van der Waals surface area contributed by atoms with Crippen LogP contribution in [-0.4, -0.2) is 43.2 Å². The third-order valence-electron chi connectivity index (χ3n) is 4.66. The van der Waals surface area contributed by atoms with Gasteiger partial charge >= 0.3 is 0 Å². The molecule has 0 spiro atoms. The average Bonchev–Trinajstić information content (AvgIpc) is 2.67. The van der Waals surface area contributed by atoms with Crippen LogP contribution in [0.2, 0.25) is 0 Å². The molecule has 7 heteroatoms. The minimum absolute atomic E-state index is 0.0201. The molecule has 3 rings (SSSR count). The minimum atomic E-state index is -0.183. The van der Waals surface area contributed by atoms with Gasteiger partial charge in [0.25, 0.3) is 5.56 Å². The summed E-state index contributed by atoms with van der Waals surface area (Å²) in [4.78, 5) is 37.1. The molecular formula is C22H26N4O2S. The van der Waals surface area contributed by atoms with Gasteiger partial charge < -0.3 is 4.90 Å². The Morgan fingerprint density at radius 1 is 1.10 bits per heavy atom. The number of hydrogen-bond donors (Lipinski definition) is 0. The smallest absolute Gasteiger partial charge is 0.267 e. The highest BCUT2D eigenvalue weighted by atomic mass is 32.2. The molecule has 0 fully saturated rings. The molecule has 0 saturated heterocycles. The molecule has 6 nitrogen and oxygen atoms in total. The van der Waals surface area contributed by atoms with E-state index in [1.807, 2.05) is 69.9 Å². The van der Waals surface area contributed by atoms with Crippen LogP contribution >= 0.6 is 11.8 Å². The van der Waals surface area contributed by atoms with Gasteiger partial charge in [0.15, 0.2) is 5.16 Å². The molecule has 0 radical (unpaired) electrons. The molecule has 0 bridgehead atoms. The number of carbonyl (C=O) groups excluding carboxylic acids is 1. The molecule has 1 amide bonds. The summed E-state index contributed by atoms with van der Waals surface area (Å²) >= 11 is 1.27. The molecule has 0 unspecified atom stereocenters. The molecule has 152 valence electrons. The molecule has 0 aliphatic heterocycles. The number of para-hydroxylation sites is 1. The zero-order valence-corrected chi connectivity index (χ0v) is 18.2. The first-order valence-electron chi connectivity index (χ1n) is 9.69. The van der Waals surface area contributed by atoms with Gasteiger partial charge in [0, 0.05) is 18.3 Å². The minimum Gasteiger partial charge on any atom is -0.337 e. The van der Waals surface area contributed by atoms with Crippen LogP contribution in [0.15, 0.2) is 52.5 Å². The van der Waals surface area contributed by atoms with E-state index in [1.165, 1.54) is 16.3 Å². The number of rotatable bonds is 6. The number of pyridine rings is 1. The Balaban J connectivity index is 2.07. The number of aromatic nitrogens is 3. The molecule has 3 aromatic rings. The third kappa shape index (κ3) is 4.34. The first kappa shape index (κ1) is 21.0. The van der Waals surface area contributed by atoms with E-state index < -0.39 is 0 Å². The zero-order chi connectivity index (χ0) is 21.1. The molecule has 1 aromatic carbocycles. The molecule has 0 N–H and O–H groups in total. The average molecular weight is 411 g/mol. The fourth-order valence-corrected chi connectivity index (χ4v) is 4.34. The summed E-state index contributed by atoms with van der Waals surface area (Å²) in [6.07, 6.45) is 1.66. The second-order valence-corrected chi connectivity index (χ2v) is 8.42. The van der Waals surface area contributed by atoms with Crippen LogP contribution in [0.1, 0.15) is 33.3 Å². The molecule has 0 atom stereocenters. The van der Waals surface area contributed by atoms with Crippen molar-refractivity contribution >= 4 is 28.6 Å². The van der Waals surface area contributed by atoms with Gasteiger partial charge in [-0.3, -0.25) is 9.59 Å². The fraction of sp³-hybridized carbons (Fsp3) is 0.364. The van der Waals surface area contributed by atoms with Crippen LogP contribution in [-0.2, 0) is 4.79 Å². The number of carbonyl (C=O) groups is 1. The summed E-state index contributed by atoms with van der Waals surface area (Å²) in [6, 6.07) is 11.2. The van der Waals surface area contributed by atoms with Gasteiger partial charge in [-0.15, -0.1) is 0 Å². The van der Waals surface area contributed by atoms with Crippen molar-refractivity contribution in [2.24, 2.45) is 0 Å². The number of amides is 1. The maximum atomic E-state index is 13.3. The highest BCUT2D eigenvalue weighted by Gasteiger charge is 2.22. The largest absolute Gasteiger partial charge is 0.337 e. The third-order valence-corrected chi connectivity index (χ3v) is 5.59. The van der Waals surface area contributed by atoms with Gasteiger partial charge in [0.1, 0.15) is 5.82 Å². The fourth-order valence-electron chi connectivity index (χ4n) is 3.48. The molecule has 0 aliphatic carbocycles. The van der Waals surface area contributed by atoms with Gasteiger partial charge in [0.05, 0.1) is 16.7 Å². The van der Waals surface area contributed by atoms with E-state index in [2.05, 4.69) is 9.97 Å². The van der Waals surface area contributed by atoms with Crippen molar-refractivity contribution in [2.75, 3.05) is 5.75 Å². The highest BCUT2D eigenvalue weighted by Crippen LogP contribution is 2.23. The number of thioether (sulfide) groups is 1. The Hall–Kier alpha value is -2.67. The van der Waals surface area contributed by atoms with Gasteiger partial charge in [-0.2, -0.15) is 0 Å². The lowest BCUT2D eigenvalue weighted by Gasteiger charge is -2.30. The van der Waals surface area contributed by atoms with Crippen LogP contribution in [0.5, 0.6) is 0 Å². The SMILES string of the molecule is Cc1cccnc1-n1c(SCC(=O)N(C(C)C)C(C)C)nc2ccccc2c1=O. The number of hydrogen-bond acceptors (Lipinski definition) is 5. The summed E-state index contributed by atoms with van der Waals surface area (Å²) in [6.45, 7) is 9.92. The van der Waals surface area contributed by atoms with Crippen molar-refractivity contribution < 1.29 is 4.79 Å². The Morgan fingerprint density at radius 2 is 1.79 bits per heavy atom. The lowest BCUT2D eigenvalue weighted by atomic mass is 10.2. The van der Waals surface area contributed by atoms with E-state index in [9.17, 15) is 9.59 Å². The predicted octanol–water partition coefficient (Wildman–Crippen LogP) is 3.83. The highest BCUT2D eigenvalue weighted by molar-refractivity contribution is 7.99. The second kappa shape index (κ2) is 8.78. The number of aryl methyl sites for hydroxylation is 1. The van der Waals surface area contributed by atoms with Gasteiger partial charge in [0.2, 0.25) is 5.91 Å². The van der Waals surface area contributed by atoms with Gasteiger partial charge in [-0.1, -0.05) is 30.0 Å². The monoisotopic (exact) mass is 410 g/mol. The normalized spacial score (nSPS) is 11.4. The van der Waals surface area contributed by atoms with Crippen molar-refractivity contribution in [1.29, 1.82) is 0 Å². The van der Waals surface area contributed by atoms with E-state index in [0.717, 1.165) is 5.56 Å². The van der Waals surface area contributed by atoms with Crippen LogP contribution < -0.4 is 5.56 Å². The molecule has 2 aromatic heterocycles. The first-order chi connectivity index (χ1) is 13.8. The molecule has 2 heterocycles. The van der Waals surface area contributed by atoms with Crippen molar-refractivity contribution in [3.63, 3.8) is 0 Å². The van der Waals surface area contributed by atoms with E-state index in [4.69, 9.17) is 0 Å². The Labute approximate surface area is 175 Å². The summed E-state index contributed by atoms with van der Waals surface area (Å²) in [5.74, 6) is 0.759. The van der Waals surface area contributed by atoms with E-state index in [-0.39, 0.29) is 29.3 Å². The molecular weight excluding hydrogens is 384 g/mol. The number of fused-ring (bicyclic) bond motifs is 1. The van der Waals surface area contributed by atoms with Crippen LogP contribution in [0.25, 0.3) is 16.7 Å². The summed E-state index contributed by atoms with van der Waals surface area (Å²) in [7, 11) is 0. The van der Waals surface area contributed by atoms with Gasteiger partial charge in [-0.05, 0) is 58.4 Å². The Kier molecular flexibility index (Phi) is 6.37. The van der Waals surface area contributed by atoms with Crippen molar-refractivity contribution in [1.82, 2.24) is 19.4 Å². The number of benzene rings is 1.